The van der Waals surface area contributed by atoms with Crippen molar-refractivity contribution in [1.82, 2.24) is 0 Å². The van der Waals surface area contributed by atoms with Gasteiger partial charge in [-0.15, -0.1) is 0 Å². The van der Waals surface area contributed by atoms with E-state index in [1.807, 2.05) is 0 Å². The Bertz CT molecular complexity index is 348. The van der Waals surface area contributed by atoms with E-state index >= 15 is 0 Å². The van der Waals surface area contributed by atoms with Gasteiger partial charge in [-0.05, 0) is 70.4 Å². The van der Waals surface area contributed by atoms with Crippen molar-refractivity contribution in [1.29, 1.82) is 0 Å². The van der Waals surface area contributed by atoms with Crippen molar-refractivity contribution in [3.63, 3.8) is 0 Å². The van der Waals surface area contributed by atoms with Crippen LogP contribution in [-0.4, -0.2) is 39.7 Å². The van der Waals surface area contributed by atoms with Gasteiger partial charge < -0.3 is 4.12 Å². The van der Waals surface area contributed by atoms with Crippen molar-refractivity contribution in [2.24, 2.45) is 0 Å². The monoisotopic (exact) mass is 392 g/mol. The minimum atomic E-state index is -1.66. The van der Waals surface area contributed by atoms with Gasteiger partial charge in [0.15, 0.2) is 16.6 Å². The number of hydrogen-bond acceptors (Lipinski definition) is 3. The molecule has 1 unspecified atom stereocenters. The van der Waals surface area contributed by atoms with Crippen molar-refractivity contribution in [2.75, 3.05) is 0 Å². The predicted molar refractivity (Wildman–Crippen MR) is 111 cm³/mol. The highest BCUT2D eigenvalue weighted by atomic mass is 28.4. The summed E-state index contributed by atoms with van der Waals surface area (Å²) in [5.74, 6) is 0. The molecule has 23 heavy (non-hydrogen) atoms. The van der Waals surface area contributed by atoms with E-state index in [1.165, 1.54) is 12.5 Å². The second-order valence-corrected chi connectivity index (χ2v) is 24.2. The fourth-order valence-corrected chi connectivity index (χ4v) is 15.0. The van der Waals surface area contributed by atoms with Gasteiger partial charge in [-0.25, -0.2) is 4.89 Å². The molecule has 1 atom stereocenters. The van der Waals surface area contributed by atoms with E-state index in [0.717, 1.165) is 27.7 Å². The van der Waals surface area contributed by atoms with Gasteiger partial charge in [-0.3, -0.25) is 4.58 Å². The lowest BCUT2D eigenvalue weighted by Gasteiger charge is -2.37. The van der Waals surface area contributed by atoms with Crippen LogP contribution in [0.2, 0.25) is 57.0 Å². The number of rotatable bonds is 12. The van der Waals surface area contributed by atoms with Crippen molar-refractivity contribution >= 4 is 34.5 Å². The average Bonchev–Trinajstić information content (AvgIpc) is 2.42. The van der Waals surface area contributed by atoms with E-state index in [0.29, 0.717) is 0 Å². The second kappa shape index (κ2) is 9.45. The Kier molecular flexibility index (Phi) is 9.75. The van der Waals surface area contributed by atoms with E-state index in [9.17, 15) is 0 Å². The maximum Gasteiger partial charge on any atom is 0.232 e. The maximum atomic E-state index is 6.67. The number of hydrogen-bond donors (Lipinski definition) is 0. The molecule has 0 spiro atoms. The zero-order valence-corrected chi connectivity index (χ0v) is 21.3. The van der Waals surface area contributed by atoms with Crippen LogP contribution in [0.25, 0.3) is 0 Å². The first-order valence-corrected chi connectivity index (χ1v) is 19.7. The Balaban J connectivity index is 4.63. The molecule has 0 aliphatic heterocycles. The molecule has 0 saturated carbocycles. The molecule has 0 rings (SSSR count). The molecule has 3 nitrogen and oxygen atoms in total. The molecule has 7 heteroatoms. The normalized spacial score (nSPS) is 16.4. The molecular weight excluding hydrogens is 353 g/mol. The smallest absolute Gasteiger partial charge is 0.232 e. The molecule has 0 aromatic rings. The Morgan fingerprint density at radius 1 is 0.870 bits per heavy atom. The molecule has 2 radical (unpaired) electrons. The molecule has 0 aromatic carbocycles. The summed E-state index contributed by atoms with van der Waals surface area (Å²) in [7, 11) is -4.06. The van der Waals surface area contributed by atoms with Crippen LogP contribution in [0, 0.1) is 0 Å². The lowest BCUT2D eigenvalue weighted by atomic mass is 10.3. The van der Waals surface area contributed by atoms with Gasteiger partial charge in [-0.2, -0.15) is 0 Å². The zero-order valence-electron chi connectivity index (χ0n) is 17.3. The molecule has 0 aromatic heterocycles. The van der Waals surface area contributed by atoms with Gasteiger partial charge in [-0.1, -0.05) is 27.2 Å². The molecule has 0 bridgehead atoms. The fourth-order valence-electron chi connectivity index (χ4n) is 2.31. The molecule has 138 valence electrons. The van der Waals surface area contributed by atoms with E-state index < -0.39 is 25.0 Å². The van der Waals surface area contributed by atoms with Crippen molar-refractivity contribution in [2.45, 2.75) is 103 Å². The molecule has 0 amide bonds. The minimum absolute atomic E-state index is 0.163. The second-order valence-electron chi connectivity index (χ2n) is 8.59. The third-order valence-corrected chi connectivity index (χ3v) is 17.9. The largest absolute Gasteiger partial charge is 0.456 e. The van der Waals surface area contributed by atoms with Crippen molar-refractivity contribution in [3.8, 4) is 0 Å². The minimum Gasteiger partial charge on any atom is -0.456 e. The summed E-state index contributed by atoms with van der Waals surface area (Å²) >= 11 is 0. The standard InChI is InChI=1S/C16H40O3Si4/c1-11-14-22(7,8)19-23(9,10)15-20-16(4,12-2)17-18-21(5,6)13-3/h11-15H2,1-10H3. The van der Waals surface area contributed by atoms with Crippen LogP contribution in [0.5, 0.6) is 0 Å². The van der Waals surface area contributed by atoms with Gasteiger partial charge in [0.05, 0.1) is 14.7 Å². The van der Waals surface area contributed by atoms with E-state index in [-0.39, 0.29) is 5.22 Å². The third kappa shape index (κ3) is 10.4. The highest BCUT2D eigenvalue weighted by molar-refractivity contribution is 6.88. The molecule has 0 aliphatic rings. The van der Waals surface area contributed by atoms with Crippen LogP contribution in [-0.2, 0) is 13.6 Å². The van der Waals surface area contributed by atoms with Gasteiger partial charge in [0.2, 0.25) is 8.32 Å². The Hall–Kier alpha value is 0.748. The summed E-state index contributed by atoms with van der Waals surface area (Å²) in [6.45, 7) is 22.7. The van der Waals surface area contributed by atoms with Crippen molar-refractivity contribution in [3.05, 3.63) is 0 Å². The van der Waals surface area contributed by atoms with Crippen LogP contribution in [0.4, 0.5) is 0 Å². The average molecular weight is 393 g/mol. The van der Waals surface area contributed by atoms with Gasteiger partial charge in [0.1, 0.15) is 0 Å². The summed E-state index contributed by atoms with van der Waals surface area (Å²) in [6.07, 6.45) is 2.21. The Morgan fingerprint density at radius 2 is 1.43 bits per heavy atom. The Labute approximate surface area is 151 Å². The van der Waals surface area contributed by atoms with E-state index in [4.69, 9.17) is 13.6 Å². The first kappa shape index (κ1) is 23.7. The summed E-state index contributed by atoms with van der Waals surface area (Å²) in [4.78, 5) is 5.96. The van der Waals surface area contributed by atoms with Crippen LogP contribution >= 0.6 is 0 Å². The SMILES string of the molecule is CCC[Si](C)(C)O[Si](C)(C)C[Si]C(C)(CC)OO[Si](C)(C)CC. The van der Waals surface area contributed by atoms with Crippen LogP contribution in [0.1, 0.15) is 40.5 Å². The third-order valence-electron chi connectivity index (χ3n) is 4.27. The first-order valence-electron chi connectivity index (χ1n) is 9.12. The van der Waals surface area contributed by atoms with Crippen LogP contribution in [0.3, 0.4) is 0 Å². The highest BCUT2D eigenvalue weighted by Crippen LogP contribution is 2.26. The molecule has 0 heterocycles. The van der Waals surface area contributed by atoms with Gasteiger partial charge in [0, 0.05) is 0 Å². The lowest BCUT2D eigenvalue weighted by Crippen LogP contribution is -2.48. The maximum absolute atomic E-state index is 6.67. The zero-order chi connectivity index (χ0) is 18.4. The van der Waals surface area contributed by atoms with E-state index in [2.05, 4.69) is 67.0 Å². The summed E-state index contributed by atoms with van der Waals surface area (Å²) in [5.41, 5.74) is 1.16. The van der Waals surface area contributed by atoms with Crippen molar-refractivity contribution < 1.29 is 13.6 Å². The topological polar surface area (TPSA) is 27.7 Å². The summed E-state index contributed by atoms with van der Waals surface area (Å²) in [6, 6.07) is 2.34. The molecule has 0 aliphatic carbocycles. The molecule has 0 fully saturated rings. The van der Waals surface area contributed by atoms with Crippen LogP contribution < -0.4 is 0 Å². The molecular formula is C16H40O3Si4. The van der Waals surface area contributed by atoms with Gasteiger partial charge in [0.25, 0.3) is 0 Å². The lowest BCUT2D eigenvalue weighted by molar-refractivity contribution is -0.269. The van der Waals surface area contributed by atoms with Gasteiger partial charge >= 0.3 is 0 Å². The highest BCUT2D eigenvalue weighted by Gasteiger charge is 2.36. The quantitative estimate of drug-likeness (QED) is 0.239. The first-order chi connectivity index (χ1) is 10.3. The molecule has 0 saturated heterocycles. The predicted octanol–water partition coefficient (Wildman–Crippen LogP) is 5.78. The summed E-state index contributed by atoms with van der Waals surface area (Å²) in [5, 5.41) is -0.163. The van der Waals surface area contributed by atoms with Crippen LogP contribution in [0.15, 0.2) is 0 Å². The fraction of sp³-hybridized carbons (Fsp3) is 1.00. The van der Waals surface area contributed by atoms with E-state index in [1.54, 1.807) is 0 Å². The molecule has 0 N–H and O–H groups in total. The summed E-state index contributed by atoms with van der Waals surface area (Å²) < 4.78 is 12.5. The Morgan fingerprint density at radius 3 is 1.87 bits per heavy atom.